The third-order valence-electron chi connectivity index (χ3n) is 12.2. The number of rotatable bonds is 13. The van der Waals surface area contributed by atoms with Crippen LogP contribution in [0.2, 0.25) is 5.02 Å². The van der Waals surface area contributed by atoms with Gasteiger partial charge in [0.15, 0.2) is 0 Å². The number of carbonyl (C=O) groups excluding carboxylic acids is 1. The third kappa shape index (κ3) is 10.5. The highest BCUT2D eigenvalue weighted by Gasteiger charge is 2.38. The monoisotopic (exact) mass is 874 g/mol. The van der Waals surface area contributed by atoms with Crippen molar-refractivity contribution in [2.75, 3.05) is 62.7 Å². The first-order chi connectivity index (χ1) is 28.9. The van der Waals surface area contributed by atoms with Crippen LogP contribution in [-0.2, 0) is 14.8 Å². The van der Waals surface area contributed by atoms with Gasteiger partial charge in [0.05, 0.1) is 22.3 Å². The van der Waals surface area contributed by atoms with E-state index < -0.39 is 21.5 Å². The lowest BCUT2D eigenvalue weighted by Gasteiger charge is -2.44. The van der Waals surface area contributed by atoms with Crippen LogP contribution in [0.5, 0.6) is 11.5 Å². The second-order valence-corrected chi connectivity index (χ2v) is 18.6. The average molecular weight is 875 g/mol. The minimum atomic E-state index is -4.42. The molecule has 3 atom stereocenters. The van der Waals surface area contributed by atoms with E-state index in [1.165, 1.54) is 30.0 Å². The first-order valence-corrected chi connectivity index (χ1v) is 22.4. The van der Waals surface area contributed by atoms with E-state index in [1.54, 1.807) is 30.5 Å². The Bertz CT molecular complexity index is 2430. The number of amides is 1. The first kappa shape index (κ1) is 44.0. The number of nitrogens with zero attached hydrogens (tertiary/aromatic N) is 3. The van der Waals surface area contributed by atoms with E-state index >= 15 is 0 Å². The van der Waals surface area contributed by atoms with Gasteiger partial charge in [0.1, 0.15) is 22.8 Å². The Balaban J connectivity index is 0.00000561. The Kier molecular flexibility index (Phi) is 13.6. The maximum absolute atomic E-state index is 13.9. The number of anilines is 2. The molecule has 324 valence electrons. The zero-order valence-corrected chi connectivity index (χ0v) is 35.6. The zero-order chi connectivity index (χ0) is 41.9. The number of H-pyrrole nitrogens is 1. The van der Waals surface area contributed by atoms with Gasteiger partial charge < -0.3 is 35.3 Å². The zero-order valence-electron chi connectivity index (χ0n) is 34.0. The van der Waals surface area contributed by atoms with E-state index in [1.807, 2.05) is 30.3 Å². The van der Waals surface area contributed by atoms with E-state index in [4.69, 9.17) is 21.1 Å². The van der Waals surface area contributed by atoms with Crippen molar-refractivity contribution in [2.45, 2.75) is 55.4 Å². The van der Waals surface area contributed by atoms with Crippen LogP contribution < -0.4 is 24.9 Å². The van der Waals surface area contributed by atoms with Crippen molar-refractivity contribution in [2.24, 2.45) is 11.8 Å². The van der Waals surface area contributed by atoms with Crippen LogP contribution in [0.3, 0.4) is 0 Å². The summed E-state index contributed by atoms with van der Waals surface area (Å²) < 4.78 is 41.2. The minimum Gasteiger partial charge on any atom is -0.455 e. The molecule has 1 amide bonds. The fourth-order valence-electron chi connectivity index (χ4n) is 8.82. The summed E-state index contributed by atoms with van der Waals surface area (Å²) in [5.41, 5.74) is 2.55. The molecule has 0 bridgehead atoms. The Morgan fingerprint density at radius 2 is 1.80 bits per heavy atom. The number of aromatic amines is 1. The largest absolute Gasteiger partial charge is 0.455 e. The maximum atomic E-state index is 13.9. The number of nitrogens with one attached hydrogen (secondary N) is 4. The van der Waals surface area contributed by atoms with Crippen molar-refractivity contribution in [3.05, 3.63) is 106 Å². The number of aliphatic hydroxyl groups is 1. The number of sulfonamides is 1. The predicted molar refractivity (Wildman–Crippen MR) is 234 cm³/mol. The summed E-state index contributed by atoms with van der Waals surface area (Å²) in [5.74, 6) is 0.611. The van der Waals surface area contributed by atoms with Crippen LogP contribution in [0.25, 0.3) is 11.0 Å². The smallest absolute Gasteiger partial charge is 0.277 e. The summed E-state index contributed by atoms with van der Waals surface area (Å²) in [4.78, 5) is 37.7. The van der Waals surface area contributed by atoms with Crippen molar-refractivity contribution >= 4 is 55.6 Å². The summed E-state index contributed by atoms with van der Waals surface area (Å²) in [5, 5.41) is 17.7. The summed E-state index contributed by atoms with van der Waals surface area (Å²) in [6, 6.07) is 20.9. The van der Waals surface area contributed by atoms with Crippen molar-refractivity contribution in [3.8, 4) is 11.5 Å². The van der Waals surface area contributed by atoms with Crippen molar-refractivity contribution < 1.29 is 38.4 Å². The van der Waals surface area contributed by atoms with Crippen LogP contribution in [0.4, 0.5) is 17.1 Å². The summed E-state index contributed by atoms with van der Waals surface area (Å²) in [6.45, 7) is 7.77. The molecule has 15 nitrogen and oxygen atoms in total. The van der Waals surface area contributed by atoms with Gasteiger partial charge in [-0.3, -0.25) is 9.69 Å². The molecule has 2 saturated heterocycles. The normalized spacial score (nSPS) is 21.4. The summed E-state index contributed by atoms with van der Waals surface area (Å²) >= 11 is 6.21. The molecule has 4 heterocycles. The Hall–Kier alpha value is -5.10. The molecular formula is C44H53ClN7O8S+. The molecule has 61 heavy (non-hydrogen) atoms. The number of fused-ring (bicyclic) bond motifs is 1. The van der Waals surface area contributed by atoms with Gasteiger partial charge in [-0.25, -0.2) is 18.1 Å². The highest BCUT2D eigenvalue weighted by Crippen LogP contribution is 2.43. The Morgan fingerprint density at radius 3 is 2.56 bits per heavy atom. The number of halogens is 1. The SMILES string of the molecule is CC1(O)CC[C@H](c2ccc(Cl)cc2)[C@@H](CN2CCN(c3ccc(C(=O)NS(=O)(=O)c4ccc(NCC5CCOCC5)c([NH+]=O)c4)c(Oc4cnc5[nH]ccc5c4)c3)CC2)C1.O. The first-order valence-electron chi connectivity index (χ1n) is 20.5. The number of piperazine rings is 1. The van der Waals surface area contributed by atoms with E-state index in [2.05, 4.69) is 41.9 Å². The molecule has 8 rings (SSSR count). The molecule has 7 N–H and O–H groups in total. The number of hydrogen-bond donors (Lipinski definition) is 5. The highest BCUT2D eigenvalue weighted by molar-refractivity contribution is 7.90. The van der Waals surface area contributed by atoms with Gasteiger partial charge in [-0.15, -0.1) is 0 Å². The molecule has 1 unspecified atom stereocenters. The molecule has 2 aliphatic heterocycles. The molecule has 0 spiro atoms. The lowest BCUT2D eigenvalue weighted by Crippen LogP contribution is -2.56. The van der Waals surface area contributed by atoms with Gasteiger partial charge in [0.2, 0.25) is 0 Å². The van der Waals surface area contributed by atoms with Gasteiger partial charge in [-0.05, 0) is 111 Å². The summed E-state index contributed by atoms with van der Waals surface area (Å²) in [7, 11) is -4.42. The van der Waals surface area contributed by atoms with Gasteiger partial charge in [-0.1, -0.05) is 23.7 Å². The molecule has 3 fully saturated rings. The van der Waals surface area contributed by atoms with Crippen molar-refractivity contribution in [3.63, 3.8) is 0 Å². The van der Waals surface area contributed by atoms with Crippen LogP contribution in [0, 0.1) is 16.7 Å². The topological polar surface area (TPSA) is 212 Å². The number of nitroso groups, excluding NO2 is 1. The number of hydrogen-bond acceptors (Lipinski definition) is 11. The van der Waals surface area contributed by atoms with E-state index in [0.29, 0.717) is 66.8 Å². The molecule has 2 aromatic heterocycles. The summed E-state index contributed by atoms with van der Waals surface area (Å²) in [6.07, 6.45) is 7.48. The Morgan fingerprint density at radius 1 is 1.03 bits per heavy atom. The fraction of sp³-hybridized carbons (Fsp3) is 0.409. The Labute approximate surface area is 360 Å². The van der Waals surface area contributed by atoms with Gasteiger partial charge in [-0.2, -0.15) is 0 Å². The van der Waals surface area contributed by atoms with Crippen molar-refractivity contribution in [1.29, 1.82) is 0 Å². The molecule has 5 aromatic rings. The van der Waals surface area contributed by atoms with Gasteiger partial charge in [0.25, 0.3) is 21.6 Å². The average Bonchev–Trinajstić information content (AvgIpc) is 3.72. The van der Waals surface area contributed by atoms with Crippen molar-refractivity contribution in [1.82, 2.24) is 19.6 Å². The van der Waals surface area contributed by atoms with E-state index in [-0.39, 0.29) is 33.3 Å². The lowest BCUT2D eigenvalue weighted by atomic mass is 9.69. The molecule has 3 aromatic carbocycles. The number of ether oxygens (including phenoxy) is 2. The fourth-order valence-corrected chi connectivity index (χ4v) is 9.94. The molecule has 1 aliphatic carbocycles. The maximum Gasteiger partial charge on any atom is 0.277 e. The number of carbonyl (C=O) groups is 1. The molecule has 1 saturated carbocycles. The van der Waals surface area contributed by atoms with Crippen LogP contribution in [0.1, 0.15) is 60.9 Å². The second-order valence-electron chi connectivity index (χ2n) is 16.5. The van der Waals surface area contributed by atoms with E-state index in [0.717, 1.165) is 62.8 Å². The van der Waals surface area contributed by atoms with Crippen LogP contribution in [0.15, 0.2) is 90.1 Å². The van der Waals surface area contributed by atoms with Crippen LogP contribution >= 0.6 is 11.6 Å². The lowest BCUT2D eigenvalue weighted by molar-refractivity contribution is -0.378. The number of benzene rings is 3. The molecule has 3 aliphatic rings. The third-order valence-corrected chi connectivity index (χ3v) is 13.7. The van der Waals surface area contributed by atoms with Gasteiger partial charge >= 0.3 is 0 Å². The van der Waals surface area contributed by atoms with E-state index in [9.17, 15) is 23.2 Å². The molecule has 17 heteroatoms. The quantitative estimate of drug-likeness (QED) is 0.105. The molecular weight excluding hydrogens is 822 g/mol. The van der Waals surface area contributed by atoms with Crippen LogP contribution in [-0.4, -0.2) is 97.9 Å². The minimum absolute atomic E-state index is 0. The number of aromatic nitrogens is 2. The molecule has 0 radical (unpaired) electrons. The van der Waals surface area contributed by atoms with Gasteiger partial charge in [0, 0.05) is 97.0 Å². The predicted octanol–water partition coefficient (Wildman–Crippen LogP) is 5.08. The number of pyridine rings is 1. The second kappa shape index (κ2) is 18.9. The highest BCUT2D eigenvalue weighted by atomic mass is 35.5. The standard InChI is InChI=1S/C44H50ClN7O7S.H2O/c1-44(54)14-10-37(30-2-4-33(45)5-3-30)32(25-44)28-51-16-18-52(19-17-51)34-6-8-38(41(23-34)59-35-22-31-11-15-46-42(31)48-27-35)43(53)50-60(56,57)36-7-9-39(40(24-36)49-55)47-26-29-12-20-58-21-13-29;/h2-9,11,15,22-24,27,29,32,37,47,54H,10,12-14,16-21,25-26,28H2,1H3,(H,46,48)(H,50,53);1H2/p+1/t32-,37-,44?;/m1./s1.